The zero-order valence-electron chi connectivity index (χ0n) is 20.4. The van der Waals surface area contributed by atoms with E-state index >= 15 is 0 Å². The van der Waals surface area contributed by atoms with Gasteiger partial charge in [-0.3, -0.25) is 14.7 Å². The Bertz CT molecular complexity index is 1540. The second kappa shape index (κ2) is 10.1. The van der Waals surface area contributed by atoms with Crippen molar-refractivity contribution in [1.82, 2.24) is 29.8 Å². The molecule has 0 radical (unpaired) electrons. The third-order valence-corrected chi connectivity index (χ3v) is 5.88. The molecular weight excluding hydrogens is 452 g/mol. The van der Waals surface area contributed by atoms with Crippen LogP contribution in [-0.4, -0.2) is 56.5 Å². The largest absolute Gasteiger partial charge is 0.468 e. The maximum Gasteiger partial charge on any atom is 0.319 e. The maximum atomic E-state index is 11.6. The number of H-pyrrole nitrogens is 1. The first kappa shape index (κ1) is 23.3. The summed E-state index contributed by atoms with van der Waals surface area (Å²) >= 11 is 0. The van der Waals surface area contributed by atoms with Gasteiger partial charge in [0, 0.05) is 47.3 Å². The first-order valence-electron chi connectivity index (χ1n) is 11.6. The van der Waals surface area contributed by atoms with Crippen molar-refractivity contribution in [2.45, 2.75) is 13.5 Å². The monoisotopic (exact) mass is 478 g/mol. The van der Waals surface area contributed by atoms with Crippen molar-refractivity contribution in [1.29, 1.82) is 0 Å². The number of aromatic amines is 1. The summed E-state index contributed by atoms with van der Waals surface area (Å²) in [4.78, 5) is 35.4. The van der Waals surface area contributed by atoms with Crippen LogP contribution in [0.4, 0.5) is 0 Å². The summed E-state index contributed by atoms with van der Waals surface area (Å²) in [6, 6.07) is 18.1. The number of hydrogen-bond donors (Lipinski definition) is 1. The van der Waals surface area contributed by atoms with Gasteiger partial charge < -0.3 is 9.72 Å². The molecule has 0 saturated carbocycles. The Kier molecular flexibility index (Phi) is 6.51. The van der Waals surface area contributed by atoms with Crippen LogP contribution in [0.2, 0.25) is 0 Å². The summed E-state index contributed by atoms with van der Waals surface area (Å²) < 4.78 is 4.77. The number of likely N-dealkylation sites (N-methyl/N-ethyl adjacent to an activating group) is 1. The van der Waals surface area contributed by atoms with Crippen molar-refractivity contribution >= 4 is 17.0 Å². The van der Waals surface area contributed by atoms with Crippen LogP contribution in [0.5, 0.6) is 0 Å². The average Bonchev–Trinajstić information content (AvgIpc) is 3.37. The number of rotatable bonds is 7. The lowest BCUT2D eigenvalue weighted by molar-refractivity contribution is -0.141. The molecule has 0 aliphatic rings. The van der Waals surface area contributed by atoms with Crippen LogP contribution < -0.4 is 0 Å². The number of nitrogens with one attached hydrogen (secondary N) is 1. The van der Waals surface area contributed by atoms with Gasteiger partial charge >= 0.3 is 5.97 Å². The van der Waals surface area contributed by atoms with Crippen molar-refractivity contribution in [3.05, 3.63) is 84.4 Å². The quantitative estimate of drug-likeness (QED) is 0.340. The third-order valence-electron chi connectivity index (χ3n) is 5.88. The van der Waals surface area contributed by atoms with E-state index in [2.05, 4.69) is 33.2 Å². The highest BCUT2D eigenvalue weighted by Crippen LogP contribution is 2.31. The van der Waals surface area contributed by atoms with Crippen molar-refractivity contribution in [2.75, 3.05) is 20.7 Å². The van der Waals surface area contributed by atoms with E-state index in [1.807, 2.05) is 73.9 Å². The number of ether oxygens (including phenoxy) is 1. The molecule has 8 heteroatoms. The third kappa shape index (κ3) is 4.99. The van der Waals surface area contributed by atoms with Gasteiger partial charge in [-0.05, 0) is 55.4 Å². The topological polar surface area (TPSA) is 96.9 Å². The summed E-state index contributed by atoms with van der Waals surface area (Å²) in [5, 5.41) is 0.920. The van der Waals surface area contributed by atoms with Crippen LogP contribution >= 0.6 is 0 Å². The Morgan fingerprint density at radius 3 is 2.64 bits per heavy atom. The minimum absolute atomic E-state index is 0.232. The van der Waals surface area contributed by atoms with E-state index in [9.17, 15) is 4.79 Å². The second-order valence-electron chi connectivity index (χ2n) is 8.71. The van der Waals surface area contributed by atoms with Crippen LogP contribution in [0.15, 0.2) is 73.2 Å². The van der Waals surface area contributed by atoms with Crippen LogP contribution in [0.3, 0.4) is 0 Å². The number of carbonyl (C=O) groups is 1. The van der Waals surface area contributed by atoms with E-state index in [1.165, 1.54) is 7.11 Å². The van der Waals surface area contributed by atoms with Gasteiger partial charge in [0.05, 0.1) is 19.3 Å². The number of esters is 1. The van der Waals surface area contributed by atoms with Crippen LogP contribution in [0.25, 0.3) is 44.9 Å². The molecule has 8 nitrogen and oxygen atoms in total. The fourth-order valence-corrected chi connectivity index (χ4v) is 4.17. The van der Waals surface area contributed by atoms with E-state index < -0.39 is 0 Å². The summed E-state index contributed by atoms with van der Waals surface area (Å²) in [5.74, 6) is 0.302. The molecule has 5 rings (SSSR count). The molecule has 0 bridgehead atoms. The van der Waals surface area contributed by atoms with Crippen LogP contribution in [-0.2, 0) is 16.1 Å². The number of fused-ring (bicyclic) bond motifs is 1. The first-order chi connectivity index (χ1) is 17.5. The molecule has 0 saturated heterocycles. The van der Waals surface area contributed by atoms with E-state index in [0.29, 0.717) is 12.4 Å². The molecule has 0 unspecified atom stereocenters. The molecule has 0 aliphatic carbocycles. The number of carbonyl (C=O) groups excluding carboxylic acids is 1. The molecule has 1 aromatic carbocycles. The molecule has 0 fully saturated rings. The summed E-state index contributed by atoms with van der Waals surface area (Å²) in [6.45, 7) is 2.81. The normalized spacial score (nSPS) is 11.2. The molecule has 0 amide bonds. The van der Waals surface area contributed by atoms with Gasteiger partial charge in [-0.2, -0.15) is 0 Å². The fraction of sp³-hybridized carbons (Fsp3) is 0.179. The zero-order chi connectivity index (χ0) is 25.1. The van der Waals surface area contributed by atoms with Gasteiger partial charge in [-0.1, -0.05) is 24.3 Å². The Morgan fingerprint density at radius 1 is 0.972 bits per heavy atom. The predicted molar refractivity (Wildman–Crippen MR) is 139 cm³/mol. The van der Waals surface area contributed by atoms with E-state index in [-0.39, 0.29) is 12.5 Å². The van der Waals surface area contributed by atoms with Crippen molar-refractivity contribution < 1.29 is 9.53 Å². The van der Waals surface area contributed by atoms with Crippen molar-refractivity contribution in [3.8, 4) is 33.9 Å². The molecule has 0 atom stereocenters. The van der Waals surface area contributed by atoms with E-state index in [1.54, 1.807) is 0 Å². The van der Waals surface area contributed by atoms with Gasteiger partial charge in [0.25, 0.3) is 0 Å². The van der Waals surface area contributed by atoms with Gasteiger partial charge in [-0.15, -0.1) is 0 Å². The number of pyridine rings is 2. The lowest BCUT2D eigenvalue weighted by Gasteiger charge is -2.15. The van der Waals surface area contributed by atoms with Crippen molar-refractivity contribution in [2.24, 2.45) is 0 Å². The molecule has 0 aliphatic heterocycles. The molecule has 180 valence electrons. The highest BCUT2D eigenvalue weighted by atomic mass is 16.5. The minimum Gasteiger partial charge on any atom is -0.468 e. The summed E-state index contributed by atoms with van der Waals surface area (Å²) in [5.41, 5.74) is 7.16. The molecule has 4 aromatic heterocycles. The molecule has 4 heterocycles. The number of nitrogens with zero attached hydrogens (tertiary/aromatic N) is 5. The van der Waals surface area contributed by atoms with Crippen LogP contribution in [0, 0.1) is 6.92 Å². The Hall–Kier alpha value is -4.43. The standard InChI is InChI=1S/C28H26N6O2/c1-18-6-4-9-24(31-18)28-32-26(23-10-11-30-27(23)33-28)22-13-21(14-29-15-22)20-8-5-7-19(12-20)16-34(2)17-25(35)36-3/h4-15H,16-17H2,1-3H3,(H,30,32,33). The highest BCUT2D eigenvalue weighted by molar-refractivity contribution is 5.92. The van der Waals surface area contributed by atoms with Gasteiger partial charge in [-0.25, -0.2) is 15.0 Å². The average molecular weight is 479 g/mol. The van der Waals surface area contributed by atoms with Gasteiger partial charge in [0.15, 0.2) is 5.82 Å². The van der Waals surface area contributed by atoms with Crippen molar-refractivity contribution in [3.63, 3.8) is 0 Å². The molecule has 1 N–H and O–H groups in total. The number of aromatic nitrogens is 5. The second-order valence-corrected chi connectivity index (χ2v) is 8.71. The summed E-state index contributed by atoms with van der Waals surface area (Å²) in [6.07, 6.45) is 5.53. The lowest BCUT2D eigenvalue weighted by Crippen LogP contribution is -2.26. The van der Waals surface area contributed by atoms with E-state index in [0.717, 1.165) is 50.4 Å². The smallest absolute Gasteiger partial charge is 0.319 e. The maximum absolute atomic E-state index is 11.6. The van der Waals surface area contributed by atoms with E-state index in [4.69, 9.17) is 14.7 Å². The number of methoxy groups -OCH3 is 1. The minimum atomic E-state index is -0.258. The fourth-order valence-electron chi connectivity index (χ4n) is 4.17. The van der Waals surface area contributed by atoms with Crippen LogP contribution in [0.1, 0.15) is 11.3 Å². The predicted octanol–water partition coefficient (Wildman–Crippen LogP) is 4.66. The zero-order valence-corrected chi connectivity index (χ0v) is 20.4. The SMILES string of the molecule is COC(=O)CN(C)Cc1cccc(-c2cncc(-c3nc(-c4cccc(C)n4)nc4[nH]ccc34)c2)c1. The Morgan fingerprint density at radius 2 is 1.81 bits per heavy atom. The number of benzene rings is 1. The van der Waals surface area contributed by atoms with Gasteiger partial charge in [0.1, 0.15) is 11.3 Å². The number of hydrogen-bond acceptors (Lipinski definition) is 7. The lowest BCUT2D eigenvalue weighted by atomic mass is 10.0. The Balaban J connectivity index is 1.50. The first-order valence-corrected chi connectivity index (χ1v) is 11.6. The van der Waals surface area contributed by atoms with Gasteiger partial charge in [0.2, 0.25) is 0 Å². The molecule has 0 spiro atoms. The summed E-state index contributed by atoms with van der Waals surface area (Å²) in [7, 11) is 3.29. The number of aryl methyl sites for hydroxylation is 1. The molecule has 5 aromatic rings. The Labute approximate surface area is 209 Å². The highest BCUT2D eigenvalue weighted by Gasteiger charge is 2.15. The molecule has 36 heavy (non-hydrogen) atoms. The molecular formula is C28H26N6O2.